The second-order valence-electron chi connectivity index (χ2n) is 3.23. The number of carbonyl (C=O) groups excluding carboxylic acids is 1. The number of ketones is 1. The van der Waals surface area contributed by atoms with Gasteiger partial charge < -0.3 is 0 Å². The van der Waals surface area contributed by atoms with E-state index < -0.39 is 0 Å². The van der Waals surface area contributed by atoms with Gasteiger partial charge in [-0.05, 0) is 31.1 Å². The number of aryl methyl sites for hydroxylation is 2. The molecule has 0 aliphatic rings. The molecule has 0 spiro atoms. The molecule has 1 aromatic carbocycles. The molecule has 0 aliphatic carbocycles. The normalized spacial score (nSPS) is 9.36. The zero-order valence-corrected chi connectivity index (χ0v) is 10.3. The fourth-order valence-corrected chi connectivity index (χ4v) is 1.77. The minimum absolute atomic E-state index is 0. The van der Waals surface area contributed by atoms with Gasteiger partial charge >= 0.3 is 0 Å². The first-order valence-corrected chi connectivity index (χ1v) is 5.28. The van der Waals surface area contributed by atoms with Gasteiger partial charge in [0.2, 0.25) is 0 Å². The van der Waals surface area contributed by atoms with E-state index in [-0.39, 0.29) is 24.6 Å². The van der Waals surface area contributed by atoms with Crippen molar-refractivity contribution in [2.75, 3.05) is 6.16 Å². The molecule has 1 atom stereocenters. The molecule has 1 nitrogen and oxygen atoms in total. The van der Waals surface area contributed by atoms with Crippen molar-refractivity contribution >= 4 is 33.9 Å². The third kappa shape index (κ3) is 3.25. The van der Waals surface area contributed by atoms with Crippen LogP contribution in [0.3, 0.4) is 0 Å². The van der Waals surface area contributed by atoms with Crippen LogP contribution in [0.5, 0.6) is 0 Å². The summed E-state index contributed by atoms with van der Waals surface area (Å²) in [5, 5.41) is 0. The number of hydrogen-bond donors (Lipinski definition) is 0. The van der Waals surface area contributed by atoms with Gasteiger partial charge in [-0.2, -0.15) is 0 Å². The van der Waals surface area contributed by atoms with Crippen LogP contribution in [-0.2, 0) is 0 Å². The Morgan fingerprint density at radius 2 is 1.79 bits per heavy atom. The van der Waals surface area contributed by atoms with E-state index >= 15 is 0 Å². The van der Waals surface area contributed by atoms with Crippen LogP contribution in [0.2, 0.25) is 0 Å². The van der Waals surface area contributed by atoms with Crippen LogP contribution >= 0.6 is 9.24 Å². The average molecular weight is 201 g/mol. The third-order valence-electron chi connectivity index (χ3n) is 2.13. The van der Waals surface area contributed by atoms with E-state index in [4.69, 9.17) is 0 Å². The number of benzene rings is 1. The van der Waals surface area contributed by atoms with Gasteiger partial charge in [-0.25, -0.2) is 0 Å². The Balaban J connectivity index is 0.00000169. The van der Waals surface area contributed by atoms with Gasteiger partial charge in [0, 0.05) is 30.8 Å². The molecule has 0 fully saturated rings. The number of Topliss-reactive ketones (excluding diaryl/α,β-unsaturated/α-hetero) is 1. The van der Waals surface area contributed by atoms with Crippen LogP contribution < -0.4 is 0 Å². The standard InChI is InChI=1S/C11H15OP.Li/c1-8-4-3-5-9(2)11(8)10(12)6-7-13;/h3-5H,6-7,13H2,1-2H3;. The summed E-state index contributed by atoms with van der Waals surface area (Å²) in [6.07, 6.45) is 1.46. The quantitative estimate of drug-likeness (QED) is 0.417. The molecule has 0 N–H and O–H groups in total. The maximum Gasteiger partial charge on any atom is 0.163 e. The summed E-state index contributed by atoms with van der Waals surface area (Å²) in [6, 6.07) is 5.97. The Bertz CT molecular complexity index is 303. The van der Waals surface area contributed by atoms with E-state index in [2.05, 4.69) is 9.24 Å². The summed E-state index contributed by atoms with van der Waals surface area (Å²) in [5.74, 6) is 0.255. The Morgan fingerprint density at radius 1 is 1.29 bits per heavy atom. The van der Waals surface area contributed by atoms with Gasteiger partial charge in [-0.1, -0.05) is 18.2 Å². The van der Waals surface area contributed by atoms with Crippen molar-refractivity contribution < 1.29 is 4.79 Å². The molecule has 3 heteroatoms. The number of rotatable bonds is 3. The molecule has 1 rings (SSSR count). The molecule has 1 unspecified atom stereocenters. The maximum atomic E-state index is 11.7. The van der Waals surface area contributed by atoms with Gasteiger partial charge in [0.05, 0.1) is 0 Å². The first-order chi connectivity index (χ1) is 6.16. The second-order valence-corrected chi connectivity index (χ2v) is 3.81. The van der Waals surface area contributed by atoms with Crippen LogP contribution in [0.25, 0.3) is 0 Å². The molecule has 0 saturated carbocycles. The molecule has 0 saturated heterocycles. The van der Waals surface area contributed by atoms with Crippen molar-refractivity contribution in [1.29, 1.82) is 0 Å². The van der Waals surface area contributed by atoms with Crippen molar-refractivity contribution in [3.63, 3.8) is 0 Å². The van der Waals surface area contributed by atoms with Crippen LogP contribution in [0.15, 0.2) is 18.2 Å². The minimum atomic E-state index is 0. The van der Waals surface area contributed by atoms with Crippen molar-refractivity contribution in [3.05, 3.63) is 34.9 Å². The van der Waals surface area contributed by atoms with Gasteiger partial charge in [0.15, 0.2) is 5.78 Å². The fraction of sp³-hybridized carbons (Fsp3) is 0.364. The minimum Gasteiger partial charge on any atom is -0.294 e. The monoisotopic (exact) mass is 201 g/mol. The van der Waals surface area contributed by atoms with Gasteiger partial charge in [-0.15, -0.1) is 9.24 Å². The zero-order valence-electron chi connectivity index (χ0n) is 9.13. The Morgan fingerprint density at radius 3 is 2.21 bits per heavy atom. The molecular formula is C11H15LiOP. The molecule has 71 valence electrons. The summed E-state index contributed by atoms with van der Waals surface area (Å²) >= 11 is 0. The van der Waals surface area contributed by atoms with E-state index in [1.807, 2.05) is 32.0 Å². The second kappa shape index (κ2) is 6.41. The first kappa shape index (κ1) is 13.9. The summed E-state index contributed by atoms with van der Waals surface area (Å²) in [7, 11) is 2.59. The summed E-state index contributed by atoms with van der Waals surface area (Å²) in [5.41, 5.74) is 3.08. The van der Waals surface area contributed by atoms with Crippen molar-refractivity contribution in [3.8, 4) is 0 Å². The molecule has 0 bridgehead atoms. The summed E-state index contributed by atoms with van der Waals surface area (Å²) < 4.78 is 0. The van der Waals surface area contributed by atoms with Crippen LogP contribution in [-0.4, -0.2) is 30.8 Å². The fourth-order valence-electron chi connectivity index (χ4n) is 1.51. The molecule has 0 aliphatic heterocycles. The topological polar surface area (TPSA) is 17.1 Å². The predicted octanol–water partition coefficient (Wildman–Crippen LogP) is 2.37. The van der Waals surface area contributed by atoms with Crippen molar-refractivity contribution in [1.82, 2.24) is 0 Å². The van der Waals surface area contributed by atoms with Gasteiger partial charge in [-0.3, -0.25) is 4.79 Å². The van der Waals surface area contributed by atoms with Crippen LogP contribution in [0.1, 0.15) is 27.9 Å². The molecule has 1 aromatic rings. The molecule has 0 heterocycles. The number of hydrogen-bond acceptors (Lipinski definition) is 1. The molecular weight excluding hydrogens is 186 g/mol. The van der Waals surface area contributed by atoms with Crippen LogP contribution in [0.4, 0.5) is 0 Å². The third-order valence-corrected chi connectivity index (χ3v) is 2.42. The SMILES string of the molecule is Cc1cccc(C)c1C(=O)CCP.[Li]. The predicted molar refractivity (Wildman–Crippen MR) is 65.2 cm³/mol. The first-order valence-electron chi connectivity index (χ1n) is 4.46. The van der Waals surface area contributed by atoms with E-state index in [0.717, 1.165) is 22.9 Å². The smallest absolute Gasteiger partial charge is 0.163 e. The van der Waals surface area contributed by atoms with E-state index in [0.29, 0.717) is 6.42 Å². The molecule has 14 heavy (non-hydrogen) atoms. The average Bonchev–Trinajstić information content (AvgIpc) is 2.04. The Labute approximate surface area is 100 Å². The van der Waals surface area contributed by atoms with Crippen molar-refractivity contribution in [2.45, 2.75) is 20.3 Å². The molecule has 0 aromatic heterocycles. The van der Waals surface area contributed by atoms with Crippen LogP contribution in [0, 0.1) is 13.8 Å². The Kier molecular flexibility index (Phi) is 6.37. The van der Waals surface area contributed by atoms with Gasteiger partial charge in [0.25, 0.3) is 0 Å². The summed E-state index contributed by atoms with van der Waals surface area (Å²) in [6.45, 7) is 3.98. The number of carbonyl (C=O) groups is 1. The zero-order chi connectivity index (χ0) is 9.84. The Hall–Kier alpha value is -0.0826. The maximum absolute atomic E-state index is 11.7. The summed E-state index contributed by atoms with van der Waals surface area (Å²) in [4.78, 5) is 11.7. The van der Waals surface area contributed by atoms with E-state index in [9.17, 15) is 4.79 Å². The van der Waals surface area contributed by atoms with E-state index in [1.165, 1.54) is 0 Å². The molecule has 0 amide bonds. The molecule has 1 radical (unpaired) electrons. The van der Waals surface area contributed by atoms with E-state index in [1.54, 1.807) is 0 Å². The van der Waals surface area contributed by atoms with Crippen molar-refractivity contribution in [2.24, 2.45) is 0 Å². The largest absolute Gasteiger partial charge is 0.294 e. The van der Waals surface area contributed by atoms with Gasteiger partial charge in [0.1, 0.15) is 0 Å².